The van der Waals surface area contributed by atoms with Gasteiger partial charge in [0.05, 0.1) is 24.4 Å². The summed E-state index contributed by atoms with van der Waals surface area (Å²) in [7, 11) is 3.90. The van der Waals surface area contributed by atoms with E-state index in [2.05, 4.69) is 27.2 Å². The van der Waals surface area contributed by atoms with E-state index in [1.165, 1.54) is 4.88 Å². The molecule has 0 amide bonds. The van der Waals surface area contributed by atoms with Gasteiger partial charge in [-0.15, -0.1) is 35.3 Å². The number of aromatic nitrogens is 1. The predicted octanol–water partition coefficient (Wildman–Crippen LogP) is 2.11. The maximum atomic E-state index is 5.41. The number of aryl methyl sites for hydroxylation is 1. The Morgan fingerprint density at radius 3 is 3.00 bits per heavy atom. The highest BCUT2D eigenvalue weighted by molar-refractivity contribution is 14.0. The fraction of sp³-hybridized carbons (Fsp3) is 0.692. The number of halogens is 1. The molecule has 1 aliphatic heterocycles. The first-order valence-electron chi connectivity index (χ1n) is 6.59. The molecule has 5 nitrogen and oxygen atoms in total. The van der Waals surface area contributed by atoms with Crippen LogP contribution in [0, 0.1) is 12.8 Å². The molecule has 1 fully saturated rings. The van der Waals surface area contributed by atoms with Crippen molar-refractivity contribution in [2.45, 2.75) is 19.9 Å². The second-order valence-electron chi connectivity index (χ2n) is 4.87. The lowest BCUT2D eigenvalue weighted by Crippen LogP contribution is -2.41. The van der Waals surface area contributed by atoms with Gasteiger partial charge in [0, 0.05) is 38.0 Å². The molecule has 114 valence electrons. The molecule has 20 heavy (non-hydrogen) atoms. The number of thiazole rings is 1. The average molecular weight is 410 g/mol. The summed E-state index contributed by atoms with van der Waals surface area (Å²) in [6.45, 7) is 5.58. The fourth-order valence-electron chi connectivity index (χ4n) is 2.24. The van der Waals surface area contributed by atoms with Crippen LogP contribution < -0.4 is 5.32 Å². The van der Waals surface area contributed by atoms with E-state index < -0.39 is 0 Å². The third-order valence-electron chi connectivity index (χ3n) is 3.38. The molecule has 1 atom stereocenters. The Kier molecular flexibility index (Phi) is 7.75. The van der Waals surface area contributed by atoms with Crippen molar-refractivity contribution >= 4 is 41.3 Å². The van der Waals surface area contributed by atoms with Crippen LogP contribution in [0.25, 0.3) is 0 Å². The molecule has 1 N–H and O–H groups in total. The van der Waals surface area contributed by atoms with Crippen LogP contribution in [0.1, 0.15) is 17.0 Å². The highest BCUT2D eigenvalue weighted by Gasteiger charge is 2.19. The number of nitrogens with one attached hydrogen (secondary N) is 1. The summed E-state index contributed by atoms with van der Waals surface area (Å²) >= 11 is 1.68. The SMILES string of the molecule is CN=C(NCc1scnc1C)N(C)CC1CCOC1.I. The zero-order valence-corrected chi connectivity index (χ0v) is 15.4. The molecule has 1 aromatic rings. The summed E-state index contributed by atoms with van der Waals surface area (Å²) in [5.41, 5.74) is 2.98. The molecule has 2 rings (SSSR count). The largest absolute Gasteiger partial charge is 0.381 e. The summed E-state index contributed by atoms with van der Waals surface area (Å²) < 4.78 is 5.41. The number of hydrogen-bond donors (Lipinski definition) is 1. The first-order valence-corrected chi connectivity index (χ1v) is 7.47. The Bertz CT molecular complexity index is 432. The first-order chi connectivity index (χ1) is 9.20. The van der Waals surface area contributed by atoms with Crippen LogP contribution in [0.4, 0.5) is 0 Å². The average Bonchev–Trinajstić information content (AvgIpc) is 3.02. The van der Waals surface area contributed by atoms with Gasteiger partial charge >= 0.3 is 0 Å². The fourth-order valence-corrected chi connectivity index (χ4v) is 2.96. The molecule has 0 radical (unpaired) electrons. The van der Waals surface area contributed by atoms with Gasteiger partial charge in [-0.3, -0.25) is 4.99 Å². The summed E-state index contributed by atoms with van der Waals surface area (Å²) in [5, 5.41) is 3.39. The van der Waals surface area contributed by atoms with Crippen molar-refractivity contribution in [1.29, 1.82) is 0 Å². The second-order valence-corrected chi connectivity index (χ2v) is 5.81. The van der Waals surface area contributed by atoms with Gasteiger partial charge in [0.25, 0.3) is 0 Å². The minimum Gasteiger partial charge on any atom is -0.381 e. The van der Waals surface area contributed by atoms with Crippen molar-refractivity contribution < 1.29 is 4.74 Å². The van der Waals surface area contributed by atoms with Crippen LogP contribution in [-0.4, -0.2) is 49.7 Å². The van der Waals surface area contributed by atoms with E-state index in [0.29, 0.717) is 5.92 Å². The molecule has 0 saturated carbocycles. The van der Waals surface area contributed by atoms with E-state index in [1.807, 2.05) is 19.5 Å². The molecular weight excluding hydrogens is 387 g/mol. The van der Waals surface area contributed by atoms with E-state index in [4.69, 9.17) is 4.74 Å². The highest BCUT2D eigenvalue weighted by atomic mass is 127. The monoisotopic (exact) mass is 410 g/mol. The van der Waals surface area contributed by atoms with Crippen LogP contribution in [0.5, 0.6) is 0 Å². The quantitative estimate of drug-likeness (QED) is 0.470. The maximum Gasteiger partial charge on any atom is 0.193 e. The standard InChI is InChI=1S/C13H22N4OS.HI/c1-10-12(19-9-16-10)6-15-13(14-2)17(3)7-11-4-5-18-8-11;/h9,11H,4-8H2,1-3H3,(H,14,15);1H. The number of rotatable bonds is 4. The third-order valence-corrected chi connectivity index (χ3v) is 4.32. The third kappa shape index (κ3) is 4.85. The van der Waals surface area contributed by atoms with Crippen molar-refractivity contribution in [2.75, 3.05) is 33.9 Å². The van der Waals surface area contributed by atoms with Gasteiger partial charge in [-0.05, 0) is 13.3 Å². The minimum absolute atomic E-state index is 0. The second kappa shape index (κ2) is 8.78. The van der Waals surface area contributed by atoms with E-state index in [1.54, 1.807) is 11.3 Å². The zero-order chi connectivity index (χ0) is 13.7. The Balaban J connectivity index is 0.00000200. The van der Waals surface area contributed by atoms with Gasteiger partial charge in [-0.25, -0.2) is 4.98 Å². The van der Waals surface area contributed by atoms with Crippen molar-refractivity contribution in [2.24, 2.45) is 10.9 Å². The van der Waals surface area contributed by atoms with Crippen molar-refractivity contribution in [3.8, 4) is 0 Å². The minimum atomic E-state index is 0. The van der Waals surface area contributed by atoms with E-state index >= 15 is 0 Å². The summed E-state index contributed by atoms with van der Waals surface area (Å²) in [6.07, 6.45) is 1.15. The van der Waals surface area contributed by atoms with Gasteiger partial charge in [-0.1, -0.05) is 0 Å². The lowest BCUT2D eigenvalue weighted by Gasteiger charge is -2.24. The van der Waals surface area contributed by atoms with E-state index in [0.717, 1.165) is 44.4 Å². The molecule has 1 saturated heterocycles. The van der Waals surface area contributed by atoms with Gasteiger partial charge < -0.3 is 15.0 Å². The van der Waals surface area contributed by atoms with Crippen molar-refractivity contribution in [1.82, 2.24) is 15.2 Å². The Morgan fingerprint density at radius 1 is 1.65 bits per heavy atom. The molecule has 1 aromatic heterocycles. The van der Waals surface area contributed by atoms with E-state index in [9.17, 15) is 0 Å². The summed E-state index contributed by atoms with van der Waals surface area (Å²) in [5.74, 6) is 1.55. The maximum absolute atomic E-state index is 5.41. The Morgan fingerprint density at radius 2 is 2.45 bits per heavy atom. The number of hydrogen-bond acceptors (Lipinski definition) is 4. The smallest absolute Gasteiger partial charge is 0.193 e. The van der Waals surface area contributed by atoms with Gasteiger partial charge in [-0.2, -0.15) is 0 Å². The molecule has 0 spiro atoms. The number of guanidine groups is 1. The summed E-state index contributed by atoms with van der Waals surface area (Å²) in [6, 6.07) is 0. The molecule has 2 heterocycles. The molecule has 1 unspecified atom stereocenters. The van der Waals surface area contributed by atoms with Crippen LogP contribution >= 0.6 is 35.3 Å². The van der Waals surface area contributed by atoms with Gasteiger partial charge in [0.2, 0.25) is 0 Å². The van der Waals surface area contributed by atoms with Crippen molar-refractivity contribution in [3.05, 3.63) is 16.1 Å². The van der Waals surface area contributed by atoms with Crippen LogP contribution in [0.15, 0.2) is 10.5 Å². The molecule has 0 bridgehead atoms. The highest BCUT2D eigenvalue weighted by Crippen LogP contribution is 2.14. The van der Waals surface area contributed by atoms with Crippen molar-refractivity contribution in [3.63, 3.8) is 0 Å². The molecule has 7 heteroatoms. The molecular formula is C13H23IN4OS. The molecule has 1 aliphatic rings. The Labute approximate surface area is 141 Å². The zero-order valence-electron chi connectivity index (χ0n) is 12.3. The molecule has 0 aliphatic carbocycles. The van der Waals surface area contributed by atoms with Gasteiger partial charge in [0.1, 0.15) is 0 Å². The van der Waals surface area contributed by atoms with Crippen LogP contribution in [-0.2, 0) is 11.3 Å². The number of ether oxygens (including phenoxy) is 1. The van der Waals surface area contributed by atoms with E-state index in [-0.39, 0.29) is 24.0 Å². The topological polar surface area (TPSA) is 49.8 Å². The first kappa shape index (κ1) is 17.6. The van der Waals surface area contributed by atoms with Crippen LogP contribution in [0.3, 0.4) is 0 Å². The lowest BCUT2D eigenvalue weighted by atomic mass is 10.1. The predicted molar refractivity (Wildman–Crippen MR) is 94.0 cm³/mol. The van der Waals surface area contributed by atoms with Gasteiger partial charge in [0.15, 0.2) is 5.96 Å². The Hall–Kier alpha value is -0.410. The molecule has 0 aromatic carbocycles. The number of nitrogens with zero attached hydrogens (tertiary/aromatic N) is 3. The summed E-state index contributed by atoms with van der Waals surface area (Å²) in [4.78, 5) is 12.0. The normalized spacial score (nSPS) is 18.8. The number of aliphatic imine (C=N–C) groups is 1. The lowest BCUT2D eigenvalue weighted by molar-refractivity contribution is 0.181. The van der Waals surface area contributed by atoms with Crippen LogP contribution in [0.2, 0.25) is 0 Å².